The van der Waals surface area contributed by atoms with Crippen LogP contribution in [0.5, 0.6) is 0 Å². The fourth-order valence-corrected chi connectivity index (χ4v) is 3.30. The normalized spacial score (nSPS) is 13.9. The molecule has 7 heteroatoms. The van der Waals surface area contributed by atoms with Gasteiger partial charge < -0.3 is 5.11 Å². The molecule has 1 aromatic heterocycles. The Morgan fingerprint density at radius 1 is 1.62 bits per heavy atom. The summed E-state index contributed by atoms with van der Waals surface area (Å²) in [7, 11) is -3.45. The molecule has 0 saturated heterocycles. The van der Waals surface area contributed by atoms with Crippen molar-refractivity contribution in [1.82, 2.24) is 9.71 Å². The molecular formula is C9H16N2O3S2. The lowest BCUT2D eigenvalue weighted by Gasteiger charge is -2.08. The first-order valence-corrected chi connectivity index (χ1v) is 7.36. The molecule has 1 rings (SSSR count). The first-order chi connectivity index (χ1) is 7.45. The summed E-state index contributed by atoms with van der Waals surface area (Å²) >= 11 is 1.14. The van der Waals surface area contributed by atoms with E-state index in [0.717, 1.165) is 11.3 Å². The van der Waals surface area contributed by atoms with E-state index in [1.54, 1.807) is 6.92 Å². The summed E-state index contributed by atoms with van der Waals surface area (Å²) in [4.78, 5) is 3.89. The number of sulfonamides is 1. The molecule has 0 aliphatic rings. The quantitative estimate of drug-likeness (QED) is 0.800. The highest BCUT2D eigenvalue weighted by Gasteiger charge is 2.16. The molecule has 0 aliphatic carbocycles. The van der Waals surface area contributed by atoms with Gasteiger partial charge in [0.15, 0.2) is 4.21 Å². The second kappa shape index (κ2) is 5.72. The molecule has 0 aromatic carbocycles. The van der Waals surface area contributed by atoms with Gasteiger partial charge in [-0.2, -0.15) is 0 Å². The number of thiazole rings is 1. The molecule has 0 amide bonds. The first kappa shape index (κ1) is 13.6. The summed E-state index contributed by atoms with van der Waals surface area (Å²) < 4.78 is 26.0. The number of nitrogens with one attached hydrogen (secondary N) is 1. The molecule has 0 fully saturated rings. The van der Waals surface area contributed by atoms with Crippen molar-refractivity contribution in [3.8, 4) is 0 Å². The molecule has 0 bridgehead atoms. The van der Waals surface area contributed by atoms with Crippen LogP contribution in [0.4, 0.5) is 0 Å². The fraction of sp³-hybridized carbons (Fsp3) is 0.667. The van der Waals surface area contributed by atoms with Crippen LogP contribution in [0, 0.1) is 6.92 Å². The molecule has 0 radical (unpaired) electrons. The average molecular weight is 264 g/mol. The summed E-state index contributed by atoms with van der Waals surface area (Å²) in [6, 6.07) is 0. The summed E-state index contributed by atoms with van der Waals surface area (Å²) in [5.74, 6) is 0. The third-order valence-corrected chi connectivity index (χ3v) is 4.94. The van der Waals surface area contributed by atoms with Crippen molar-refractivity contribution in [3.05, 3.63) is 11.2 Å². The maximum atomic E-state index is 11.7. The third kappa shape index (κ3) is 3.82. The largest absolute Gasteiger partial charge is 0.393 e. The Balaban J connectivity index is 2.53. The third-order valence-electron chi connectivity index (χ3n) is 2.11. The lowest BCUT2D eigenvalue weighted by Crippen LogP contribution is -2.26. The number of aliphatic hydroxyl groups is 1. The van der Waals surface area contributed by atoms with Gasteiger partial charge in [0, 0.05) is 6.54 Å². The van der Waals surface area contributed by atoms with E-state index in [1.165, 1.54) is 6.20 Å². The molecular weight excluding hydrogens is 248 g/mol. The minimum absolute atomic E-state index is 0.219. The van der Waals surface area contributed by atoms with Crippen LogP contribution in [0.3, 0.4) is 0 Å². The molecule has 1 aromatic rings. The van der Waals surface area contributed by atoms with Crippen LogP contribution in [-0.4, -0.2) is 31.2 Å². The molecule has 5 nitrogen and oxygen atoms in total. The van der Waals surface area contributed by atoms with Crippen molar-refractivity contribution < 1.29 is 13.5 Å². The Bertz CT molecular complexity index is 428. The van der Waals surface area contributed by atoms with Gasteiger partial charge in [-0.05, 0) is 19.8 Å². The second-order valence-electron chi connectivity index (χ2n) is 3.45. The van der Waals surface area contributed by atoms with Crippen molar-refractivity contribution in [2.75, 3.05) is 6.54 Å². The Morgan fingerprint density at radius 2 is 2.31 bits per heavy atom. The molecule has 16 heavy (non-hydrogen) atoms. The van der Waals surface area contributed by atoms with Crippen LogP contribution < -0.4 is 4.72 Å². The van der Waals surface area contributed by atoms with Gasteiger partial charge in [0.2, 0.25) is 0 Å². The Morgan fingerprint density at radius 3 is 2.81 bits per heavy atom. The van der Waals surface area contributed by atoms with Crippen LogP contribution in [0.1, 0.15) is 24.8 Å². The molecule has 1 heterocycles. The lowest BCUT2D eigenvalue weighted by atomic mass is 10.2. The van der Waals surface area contributed by atoms with E-state index in [1.807, 2.05) is 6.92 Å². The number of aryl methyl sites for hydroxylation is 1. The molecule has 0 saturated carbocycles. The van der Waals surface area contributed by atoms with Crippen molar-refractivity contribution in [1.29, 1.82) is 0 Å². The number of aliphatic hydroxyl groups excluding tert-OH is 1. The first-order valence-electron chi connectivity index (χ1n) is 5.06. The second-order valence-corrected chi connectivity index (χ2v) is 6.68. The number of hydrogen-bond donors (Lipinski definition) is 2. The summed E-state index contributed by atoms with van der Waals surface area (Å²) in [5.41, 5.74) is 0. The number of rotatable bonds is 6. The number of hydrogen-bond acceptors (Lipinski definition) is 5. The van der Waals surface area contributed by atoms with Crippen molar-refractivity contribution in [3.63, 3.8) is 0 Å². The highest BCUT2D eigenvalue weighted by Crippen LogP contribution is 2.17. The zero-order valence-electron chi connectivity index (χ0n) is 9.30. The summed E-state index contributed by atoms with van der Waals surface area (Å²) in [6.07, 6.45) is 1.94. The predicted octanol–water partition coefficient (Wildman–Crippen LogP) is 0.891. The van der Waals surface area contributed by atoms with E-state index in [9.17, 15) is 13.5 Å². The van der Waals surface area contributed by atoms with Crippen molar-refractivity contribution >= 4 is 21.4 Å². The van der Waals surface area contributed by atoms with Gasteiger partial charge >= 0.3 is 0 Å². The fourth-order valence-electron chi connectivity index (χ4n) is 1.10. The summed E-state index contributed by atoms with van der Waals surface area (Å²) in [6.45, 7) is 3.85. The Labute approximate surface area is 99.6 Å². The molecule has 2 N–H and O–H groups in total. The van der Waals surface area contributed by atoms with Crippen LogP contribution >= 0.6 is 11.3 Å². The van der Waals surface area contributed by atoms with E-state index < -0.39 is 16.1 Å². The molecule has 0 aliphatic heterocycles. The molecule has 0 spiro atoms. The maximum absolute atomic E-state index is 11.7. The van der Waals surface area contributed by atoms with Crippen LogP contribution in [0.25, 0.3) is 0 Å². The highest BCUT2D eigenvalue weighted by molar-refractivity contribution is 7.91. The SMILES string of the molecule is CCC(O)CCNS(=O)(=O)c1cnc(C)s1. The van der Waals surface area contributed by atoms with Gasteiger partial charge in [-0.1, -0.05) is 6.92 Å². The predicted molar refractivity (Wildman–Crippen MR) is 63.0 cm³/mol. The van der Waals surface area contributed by atoms with E-state index in [-0.39, 0.29) is 10.8 Å². The standard InChI is InChI=1S/C9H16N2O3S2/c1-3-8(12)4-5-11-16(13,14)9-6-10-7(2)15-9/h6,8,11-12H,3-5H2,1-2H3. The van der Waals surface area contributed by atoms with E-state index in [2.05, 4.69) is 9.71 Å². The van der Waals surface area contributed by atoms with Crippen LogP contribution in [0.15, 0.2) is 10.4 Å². The summed E-state index contributed by atoms with van der Waals surface area (Å²) in [5, 5.41) is 10.0. The molecule has 92 valence electrons. The van der Waals surface area contributed by atoms with E-state index in [0.29, 0.717) is 17.8 Å². The van der Waals surface area contributed by atoms with Gasteiger partial charge in [-0.15, -0.1) is 11.3 Å². The monoisotopic (exact) mass is 264 g/mol. The molecule has 1 atom stereocenters. The lowest BCUT2D eigenvalue weighted by molar-refractivity contribution is 0.162. The number of aromatic nitrogens is 1. The van der Waals surface area contributed by atoms with Gasteiger partial charge in [0.1, 0.15) is 0 Å². The van der Waals surface area contributed by atoms with Gasteiger partial charge in [0.25, 0.3) is 10.0 Å². The Kier molecular flexibility index (Phi) is 4.85. The van der Waals surface area contributed by atoms with Gasteiger partial charge in [-0.3, -0.25) is 0 Å². The minimum Gasteiger partial charge on any atom is -0.393 e. The topological polar surface area (TPSA) is 79.3 Å². The minimum atomic E-state index is -3.45. The smallest absolute Gasteiger partial charge is 0.251 e. The van der Waals surface area contributed by atoms with E-state index in [4.69, 9.17) is 0 Å². The van der Waals surface area contributed by atoms with Crippen LogP contribution in [0.2, 0.25) is 0 Å². The zero-order valence-corrected chi connectivity index (χ0v) is 10.9. The highest BCUT2D eigenvalue weighted by atomic mass is 32.2. The van der Waals surface area contributed by atoms with Gasteiger partial charge in [-0.25, -0.2) is 18.1 Å². The zero-order chi connectivity index (χ0) is 12.2. The number of nitrogens with zero attached hydrogens (tertiary/aromatic N) is 1. The van der Waals surface area contributed by atoms with Gasteiger partial charge in [0.05, 0.1) is 17.3 Å². The van der Waals surface area contributed by atoms with Crippen LogP contribution in [-0.2, 0) is 10.0 Å². The molecule has 1 unspecified atom stereocenters. The van der Waals surface area contributed by atoms with Crippen molar-refractivity contribution in [2.24, 2.45) is 0 Å². The average Bonchev–Trinajstić information content (AvgIpc) is 2.65. The maximum Gasteiger partial charge on any atom is 0.251 e. The van der Waals surface area contributed by atoms with E-state index >= 15 is 0 Å². The van der Waals surface area contributed by atoms with Crippen molar-refractivity contribution in [2.45, 2.75) is 37.0 Å². The Hall–Kier alpha value is -0.500.